The maximum Gasteiger partial charge on any atom is 0.224 e. The van der Waals surface area contributed by atoms with Crippen molar-refractivity contribution in [1.29, 1.82) is 0 Å². The Kier molecular flexibility index (Phi) is 10.6. The van der Waals surface area contributed by atoms with Crippen molar-refractivity contribution in [3.8, 4) is 0 Å². The number of nitrogens with zero attached hydrogens (tertiary/aromatic N) is 1. The predicted molar refractivity (Wildman–Crippen MR) is 88.0 cm³/mol. The van der Waals surface area contributed by atoms with Crippen molar-refractivity contribution in [2.45, 2.75) is 45.1 Å². The summed E-state index contributed by atoms with van der Waals surface area (Å²) in [5.41, 5.74) is 0. The summed E-state index contributed by atoms with van der Waals surface area (Å²) >= 11 is 0. The third-order valence-electron chi connectivity index (χ3n) is 4.29. The van der Waals surface area contributed by atoms with E-state index in [1.807, 2.05) is 0 Å². The van der Waals surface area contributed by atoms with Gasteiger partial charge in [0.25, 0.3) is 0 Å². The molecule has 0 saturated carbocycles. The number of likely N-dealkylation sites (tertiary alicyclic amines) is 1. The molecule has 0 spiro atoms. The summed E-state index contributed by atoms with van der Waals surface area (Å²) in [6.45, 7) is 7.37. The van der Waals surface area contributed by atoms with Gasteiger partial charge in [0.2, 0.25) is 5.91 Å². The van der Waals surface area contributed by atoms with E-state index in [4.69, 9.17) is 0 Å². The first-order valence-corrected chi connectivity index (χ1v) is 7.50. The molecule has 2 heterocycles. The van der Waals surface area contributed by atoms with Gasteiger partial charge in [0.05, 0.1) is 5.92 Å². The van der Waals surface area contributed by atoms with Crippen LogP contribution in [0.4, 0.5) is 0 Å². The van der Waals surface area contributed by atoms with Crippen LogP contribution < -0.4 is 10.6 Å². The van der Waals surface area contributed by atoms with Gasteiger partial charge in [0.15, 0.2) is 0 Å². The second kappa shape index (κ2) is 10.7. The van der Waals surface area contributed by atoms with E-state index in [0.29, 0.717) is 0 Å². The lowest BCUT2D eigenvalue weighted by Crippen LogP contribution is -2.40. The summed E-state index contributed by atoms with van der Waals surface area (Å²) in [5, 5.41) is 6.31. The standard InChI is InChI=1S/C14H27N3O.2ClH/c1-12-5-2-3-9-17(12)10-4-7-16-14(18)13-6-8-15-11-13;;/h12-13,15H,2-11H2,1H3,(H,16,18);2*1H. The average molecular weight is 326 g/mol. The van der Waals surface area contributed by atoms with Crippen molar-refractivity contribution in [2.75, 3.05) is 32.7 Å². The molecule has 0 radical (unpaired) electrons. The van der Waals surface area contributed by atoms with Crippen LogP contribution in [0.5, 0.6) is 0 Å². The lowest BCUT2D eigenvalue weighted by atomic mass is 10.0. The molecular weight excluding hydrogens is 297 g/mol. The predicted octanol–water partition coefficient (Wildman–Crippen LogP) is 1.82. The number of carbonyl (C=O) groups excluding carboxylic acids is 1. The Morgan fingerprint density at radius 1 is 1.30 bits per heavy atom. The zero-order valence-electron chi connectivity index (χ0n) is 12.4. The molecule has 2 N–H and O–H groups in total. The molecule has 2 unspecified atom stereocenters. The van der Waals surface area contributed by atoms with Crippen molar-refractivity contribution in [3.05, 3.63) is 0 Å². The monoisotopic (exact) mass is 325 g/mol. The Balaban J connectivity index is 0.00000180. The van der Waals surface area contributed by atoms with E-state index in [2.05, 4.69) is 22.5 Å². The molecule has 0 aromatic heterocycles. The van der Waals surface area contributed by atoms with Crippen LogP contribution in [0.15, 0.2) is 0 Å². The summed E-state index contributed by atoms with van der Waals surface area (Å²) in [6.07, 6.45) is 6.12. The minimum Gasteiger partial charge on any atom is -0.356 e. The first-order valence-electron chi connectivity index (χ1n) is 7.50. The van der Waals surface area contributed by atoms with E-state index >= 15 is 0 Å². The smallest absolute Gasteiger partial charge is 0.224 e. The topological polar surface area (TPSA) is 44.4 Å². The third kappa shape index (κ3) is 6.17. The van der Waals surface area contributed by atoms with Gasteiger partial charge in [0.1, 0.15) is 0 Å². The van der Waals surface area contributed by atoms with Gasteiger partial charge in [-0.25, -0.2) is 0 Å². The van der Waals surface area contributed by atoms with Crippen molar-refractivity contribution >= 4 is 30.7 Å². The number of piperidine rings is 1. The fraction of sp³-hybridized carbons (Fsp3) is 0.929. The normalized spacial score (nSPS) is 26.4. The zero-order chi connectivity index (χ0) is 12.8. The van der Waals surface area contributed by atoms with E-state index in [-0.39, 0.29) is 36.6 Å². The van der Waals surface area contributed by atoms with Crippen LogP contribution in [0.25, 0.3) is 0 Å². The Morgan fingerprint density at radius 2 is 2.10 bits per heavy atom. The molecule has 6 heteroatoms. The Morgan fingerprint density at radius 3 is 2.75 bits per heavy atom. The first kappa shape index (κ1) is 20.0. The molecule has 120 valence electrons. The fourth-order valence-corrected chi connectivity index (χ4v) is 3.01. The van der Waals surface area contributed by atoms with Crippen molar-refractivity contribution in [3.63, 3.8) is 0 Å². The molecule has 20 heavy (non-hydrogen) atoms. The highest BCUT2D eigenvalue weighted by atomic mass is 35.5. The molecule has 2 fully saturated rings. The van der Waals surface area contributed by atoms with Crippen molar-refractivity contribution in [1.82, 2.24) is 15.5 Å². The summed E-state index contributed by atoms with van der Waals surface area (Å²) in [5.74, 6) is 0.450. The number of amides is 1. The van der Waals surface area contributed by atoms with E-state index in [0.717, 1.165) is 45.1 Å². The fourth-order valence-electron chi connectivity index (χ4n) is 3.01. The average Bonchev–Trinajstić information content (AvgIpc) is 2.90. The Labute approximate surface area is 135 Å². The lowest BCUT2D eigenvalue weighted by Gasteiger charge is -2.33. The molecule has 0 aromatic rings. The summed E-state index contributed by atoms with van der Waals surface area (Å²) < 4.78 is 0. The highest BCUT2D eigenvalue weighted by molar-refractivity contribution is 5.85. The van der Waals surface area contributed by atoms with E-state index in [1.165, 1.54) is 25.8 Å². The summed E-state index contributed by atoms with van der Waals surface area (Å²) in [7, 11) is 0. The highest BCUT2D eigenvalue weighted by Crippen LogP contribution is 2.16. The molecule has 0 aliphatic carbocycles. The highest BCUT2D eigenvalue weighted by Gasteiger charge is 2.22. The van der Waals surface area contributed by atoms with E-state index in [9.17, 15) is 4.79 Å². The Bertz CT molecular complexity index is 273. The van der Waals surface area contributed by atoms with Crippen LogP contribution in [0, 0.1) is 5.92 Å². The van der Waals surface area contributed by atoms with Crippen molar-refractivity contribution in [2.24, 2.45) is 5.92 Å². The summed E-state index contributed by atoms with van der Waals surface area (Å²) in [4.78, 5) is 14.4. The number of hydrogen-bond acceptors (Lipinski definition) is 3. The van der Waals surface area contributed by atoms with Gasteiger partial charge in [-0.15, -0.1) is 24.8 Å². The molecule has 4 nitrogen and oxygen atoms in total. The largest absolute Gasteiger partial charge is 0.356 e. The van der Waals surface area contributed by atoms with E-state index < -0.39 is 0 Å². The molecule has 2 rings (SSSR count). The molecule has 2 aliphatic heterocycles. The van der Waals surface area contributed by atoms with Gasteiger partial charge in [-0.05, 0) is 45.7 Å². The molecule has 2 aliphatic rings. The van der Waals surface area contributed by atoms with Crippen LogP contribution in [-0.2, 0) is 4.79 Å². The second-order valence-electron chi connectivity index (χ2n) is 5.72. The maximum atomic E-state index is 11.8. The maximum absolute atomic E-state index is 11.8. The molecule has 0 aromatic carbocycles. The third-order valence-corrected chi connectivity index (χ3v) is 4.29. The van der Waals surface area contributed by atoms with Crippen LogP contribution in [-0.4, -0.2) is 49.6 Å². The van der Waals surface area contributed by atoms with Crippen LogP contribution in [0.1, 0.15) is 39.0 Å². The van der Waals surface area contributed by atoms with Crippen LogP contribution in [0.2, 0.25) is 0 Å². The van der Waals surface area contributed by atoms with E-state index in [1.54, 1.807) is 0 Å². The quantitative estimate of drug-likeness (QED) is 0.758. The minimum absolute atomic E-state index is 0. The molecule has 2 atom stereocenters. The zero-order valence-corrected chi connectivity index (χ0v) is 14.0. The molecule has 0 bridgehead atoms. The lowest BCUT2D eigenvalue weighted by molar-refractivity contribution is -0.124. The van der Waals surface area contributed by atoms with Crippen LogP contribution >= 0.6 is 24.8 Å². The van der Waals surface area contributed by atoms with Gasteiger partial charge in [-0.2, -0.15) is 0 Å². The minimum atomic E-state index is 0. The number of hydrogen-bond donors (Lipinski definition) is 2. The van der Waals surface area contributed by atoms with Gasteiger partial charge in [0, 0.05) is 25.7 Å². The van der Waals surface area contributed by atoms with Gasteiger partial charge < -0.3 is 15.5 Å². The van der Waals surface area contributed by atoms with Gasteiger partial charge in [-0.1, -0.05) is 6.42 Å². The molecular formula is C14H29Cl2N3O. The molecule has 1 amide bonds. The number of rotatable bonds is 5. The van der Waals surface area contributed by atoms with Gasteiger partial charge in [-0.3, -0.25) is 4.79 Å². The SMILES string of the molecule is CC1CCCCN1CCCNC(=O)C1CCNC1.Cl.Cl. The summed E-state index contributed by atoms with van der Waals surface area (Å²) in [6, 6.07) is 0.730. The number of nitrogens with one attached hydrogen (secondary N) is 2. The number of carbonyl (C=O) groups is 1. The van der Waals surface area contributed by atoms with Crippen LogP contribution in [0.3, 0.4) is 0 Å². The first-order chi connectivity index (χ1) is 8.77. The van der Waals surface area contributed by atoms with Crippen molar-refractivity contribution < 1.29 is 4.79 Å². The van der Waals surface area contributed by atoms with Gasteiger partial charge >= 0.3 is 0 Å². The molecule has 2 saturated heterocycles. The second-order valence-corrected chi connectivity index (χ2v) is 5.72. The Hall–Kier alpha value is -0.0300. The number of halogens is 2.